The van der Waals surface area contributed by atoms with Gasteiger partial charge in [0.05, 0.1) is 10.8 Å². The maximum Gasteiger partial charge on any atom is 0.237 e. The predicted molar refractivity (Wildman–Crippen MR) is 81.7 cm³/mol. The third kappa shape index (κ3) is 5.02. The summed E-state index contributed by atoms with van der Waals surface area (Å²) in [4.78, 5) is 11.9. The number of phenolic OH excluding ortho intramolecular Hbond substituents is 1. The molecule has 4 N–H and O–H groups in total. The summed E-state index contributed by atoms with van der Waals surface area (Å²) in [6.07, 6.45) is 1.45. The highest BCUT2D eigenvalue weighted by Gasteiger charge is 2.31. The van der Waals surface area contributed by atoms with Crippen LogP contribution in [0, 0.1) is 0 Å². The first kappa shape index (κ1) is 17.5. The highest BCUT2D eigenvalue weighted by atomic mass is 32.2. The maximum atomic E-state index is 11.9. The standard InChI is InChI=1S/C14H22N2O4S/c1-14(2,21(3,19)20)9-16-13(18)12(15)8-10-4-6-11(17)7-5-10/h4-7,12,17H,8-9,15H2,1-3H3,(H,16,18)/t12-/m0/s1. The van der Waals surface area contributed by atoms with Gasteiger partial charge in [-0.3, -0.25) is 4.79 Å². The summed E-state index contributed by atoms with van der Waals surface area (Å²) in [6.45, 7) is 3.11. The fourth-order valence-corrected chi connectivity index (χ4v) is 1.88. The van der Waals surface area contributed by atoms with Crippen molar-refractivity contribution < 1.29 is 18.3 Å². The molecule has 1 atom stereocenters. The Balaban J connectivity index is 2.58. The van der Waals surface area contributed by atoms with E-state index in [4.69, 9.17) is 5.73 Å². The molecule has 0 fully saturated rings. The molecule has 1 aromatic carbocycles. The molecule has 7 heteroatoms. The number of hydrogen-bond acceptors (Lipinski definition) is 5. The van der Waals surface area contributed by atoms with E-state index in [1.807, 2.05) is 0 Å². The SMILES string of the molecule is CC(C)(CNC(=O)[C@@H](N)Cc1ccc(O)cc1)S(C)(=O)=O. The van der Waals surface area contributed by atoms with Crippen LogP contribution in [-0.4, -0.2) is 43.0 Å². The van der Waals surface area contributed by atoms with Crippen LogP contribution in [-0.2, 0) is 21.1 Å². The topological polar surface area (TPSA) is 109 Å². The summed E-state index contributed by atoms with van der Waals surface area (Å²) in [7, 11) is -3.27. The largest absolute Gasteiger partial charge is 0.508 e. The number of hydrogen-bond donors (Lipinski definition) is 3. The zero-order valence-electron chi connectivity index (χ0n) is 12.5. The molecule has 1 rings (SSSR count). The Labute approximate surface area is 125 Å². The highest BCUT2D eigenvalue weighted by molar-refractivity contribution is 7.92. The van der Waals surface area contributed by atoms with Crippen LogP contribution in [0.1, 0.15) is 19.4 Å². The fourth-order valence-electron chi connectivity index (χ4n) is 1.54. The number of benzene rings is 1. The van der Waals surface area contributed by atoms with Crippen molar-refractivity contribution in [3.05, 3.63) is 29.8 Å². The van der Waals surface area contributed by atoms with Crippen molar-refractivity contribution >= 4 is 15.7 Å². The molecule has 21 heavy (non-hydrogen) atoms. The smallest absolute Gasteiger partial charge is 0.237 e. The molecule has 0 heterocycles. The first-order valence-electron chi connectivity index (χ1n) is 6.54. The van der Waals surface area contributed by atoms with E-state index in [0.717, 1.165) is 11.8 Å². The van der Waals surface area contributed by atoms with Gasteiger partial charge in [-0.2, -0.15) is 0 Å². The van der Waals surface area contributed by atoms with Gasteiger partial charge in [-0.05, 0) is 38.0 Å². The van der Waals surface area contributed by atoms with Gasteiger partial charge in [-0.1, -0.05) is 12.1 Å². The summed E-state index contributed by atoms with van der Waals surface area (Å²) in [6, 6.07) is 5.63. The summed E-state index contributed by atoms with van der Waals surface area (Å²) >= 11 is 0. The minimum absolute atomic E-state index is 0.00788. The Morgan fingerprint density at radius 2 is 1.86 bits per heavy atom. The van der Waals surface area contributed by atoms with Gasteiger partial charge in [-0.15, -0.1) is 0 Å². The Morgan fingerprint density at radius 1 is 1.33 bits per heavy atom. The molecule has 0 spiro atoms. The van der Waals surface area contributed by atoms with Crippen molar-refractivity contribution in [1.82, 2.24) is 5.32 Å². The van der Waals surface area contributed by atoms with E-state index < -0.39 is 26.5 Å². The number of carbonyl (C=O) groups excluding carboxylic acids is 1. The quantitative estimate of drug-likeness (QED) is 0.695. The monoisotopic (exact) mass is 314 g/mol. The number of rotatable bonds is 6. The van der Waals surface area contributed by atoms with E-state index in [9.17, 15) is 18.3 Å². The van der Waals surface area contributed by atoms with E-state index in [1.165, 1.54) is 12.1 Å². The number of phenols is 1. The van der Waals surface area contributed by atoms with E-state index in [2.05, 4.69) is 5.32 Å². The van der Waals surface area contributed by atoms with Crippen LogP contribution in [0.25, 0.3) is 0 Å². The molecule has 0 radical (unpaired) electrons. The highest BCUT2D eigenvalue weighted by Crippen LogP contribution is 2.14. The number of carbonyl (C=O) groups is 1. The van der Waals surface area contributed by atoms with Crippen molar-refractivity contribution in [2.45, 2.75) is 31.1 Å². The molecule has 0 aliphatic heterocycles. The minimum Gasteiger partial charge on any atom is -0.508 e. The third-order valence-corrected chi connectivity index (χ3v) is 5.57. The van der Waals surface area contributed by atoms with E-state index in [1.54, 1.807) is 26.0 Å². The molecule has 1 aromatic rings. The molecular formula is C14H22N2O4S. The van der Waals surface area contributed by atoms with Gasteiger partial charge < -0.3 is 16.2 Å². The van der Waals surface area contributed by atoms with Gasteiger partial charge in [0.25, 0.3) is 0 Å². The van der Waals surface area contributed by atoms with Crippen LogP contribution < -0.4 is 11.1 Å². The molecule has 0 unspecified atom stereocenters. The van der Waals surface area contributed by atoms with E-state index in [-0.39, 0.29) is 12.3 Å². The molecule has 0 aliphatic carbocycles. The summed E-state index contributed by atoms with van der Waals surface area (Å²) in [5.74, 6) is -0.258. The number of nitrogens with one attached hydrogen (secondary N) is 1. The third-order valence-electron chi connectivity index (χ3n) is 3.42. The van der Waals surface area contributed by atoms with Gasteiger partial charge in [-0.25, -0.2) is 8.42 Å². The number of sulfone groups is 1. The molecule has 1 amide bonds. The predicted octanol–water partition coefficient (Wildman–Crippen LogP) is 0.201. The second kappa shape index (κ2) is 6.44. The summed E-state index contributed by atoms with van der Waals surface area (Å²) < 4.78 is 22.1. The lowest BCUT2D eigenvalue weighted by Crippen LogP contribution is -2.49. The molecule has 0 saturated heterocycles. The molecule has 6 nitrogen and oxygen atoms in total. The fraction of sp³-hybridized carbons (Fsp3) is 0.500. The van der Waals surface area contributed by atoms with Crippen molar-refractivity contribution in [3.8, 4) is 5.75 Å². The van der Waals surface area contributed by atoms with E-state index >= 15 is 0 Å². The van der Waals surface area contributed by atoms with Crippen molar-refractivity contribution in [2.75, 3.05) is 12.8 Å². The van der Waals surface area contributed by atoms with Crippen molar-refractivity contribution in [2.24, 2.45) is 5.73 Å². The molecule has 0 aliphatic rings. The molecule has 0 saturated carbocycles. The Morgan fingerprint density at radius 3 is 2.33 bits per heavy atom. The second-order valence-electron chi connectivity index (χ2n) is 5.73. The Kier molecular flexibility index (Phi) is 5.36. The van der Waals surface area contributed by atoms with Crippen LogP contribution in [0.4, 0.5) is 0 Å². The molecule has 0 aromatic heterocycles. The number of amides is 1. The van der Waals surface area contributed by atoms with Gasteiger partial charge in [0.2, 0.25) is 5.91 Å². The van der Waals surface area contributed by atoms with Crippen LogP contribution in [0.2, 0.25) is 0 Å². The van der Waals surface area contributed by atoms with Gasteiger partial charge in [0.15, 0.2) is 9.84 Å². The molecule has 0 bridgehead atoms. The summed E-state index contributed by atoms with van der Waals surface area (Å²) in [5.41, 5.74) is 6.62. The zero-order valence-corrected chi connectivity index (χ0v) is 13.3. The Bertz CT molecular complexity index is 594. The maximum absolute atomic E-state index is 11.9. The summed E-state index contributed by atoms with van der Waals surface area (Å²) in [5, 5.41) is 11.8. The lowest BCUT2D eigenvalue weighted by atomic mass is 10.1. The van der Waals surface area contributed by atoms with Crippen LogP contribution >= 0.6 is 0 Å². The van der Waals surface area contributed by atoms with Crippen LogP contribution in [0.3, 0.4) is 0 Å². The number of nitrogens with two attached hydrogens (primary N) is 1. The lowest BCUT2D eigenvalue weighted by molar-refractivity contribution is -0.122. The van der Waals surface area contributed by atoms with E-state index in [0.29, 0.717) is 6.42 Å². The second-order valence-corrected chi connectivity index (χ2v) is 8.38. The average Bonchev–Trinajstić information content (AvgIpc) is 2.37. The average molecular weight is 314 g/mol. The van der Waals surface area contributed by atoms with Crippen LogP contribution in [0.5, 0.6) is 5.75 Å². The molecular weight excluding hydrogens is 292 g/mol. The molecule has 118 valence electrons. The van der Waals surface area contributed by atoms with Gasteiger partial charge >= 0.3 is 0 Å². The Hall–Kier alpha value is -1.60. The first-order valence-corrected chi connectivity index (χ1v) is 8.43. The minimum atomic E-state index is -3.27. The van der Waals surface area contributed by atoms with Crippen molar-refractivity contribution in [1.29, 1.82) is 0 Å². The lowest BCUT2D eigenvalue weighted by Gasteiger charge is -2.23. The normalized spacial score (nSPS) is 13.7. The number of aromatic hydroxyl groups is 1. The van der Waals surface area contributed by atoms with Crippen LogP contribution in [0.15, 0.2) is 24.3 Å². The van der Waals surface area contributed by atoms with Crippen molar-refractivity contribution in [3.63, 3.8) is 0 Å². The first-order chi connectivity index (χ1) is 9.53. The zero-order chi connectivity index (χ0) is 16.3. The van der Waals surface area contributed by atoms with Gasteiger partial charge in [0, 0.05) is 12.8 Å². The van der Waals surface area contributed by atoms with Gasteiger partial charge in [0.1, 0.15) is 5.75 Å².